The fraction of sp³-hybridized carbons (Fsp3) is 0.227. The van der Waals surface area contributed by atoms with Crippen molar-refractivity contribution >= 4 is 44.4 Å². The van der Waals surface area contributed by atoms with Gasteiger partial charge in [0.15, 0.2) is 0 Å². The van der Waals surface area contributed by atoms with Crippen molar-refractivity contribution in [2.45, 2.75) is 20.8 Å². The van der Waals surface area contributed by atoms with E-state index in [0.29, 0.717) is 22.4 Å². The van der Waals surface area contributed by atoms with Gasteiger partial charge in [0.05, 0.1) is 24.3 Å². The van der Waals surface area contributed by atoms with Gasteiger partial charge in [0.25, 0.3) is 0 Å². The largest absolute Gasteiger partial charge is 0.496 e. The maximum Gasteiger partial charge on any atom is 0.236 e. The number of allylic oxidation sites excluding steroid dienone is 1. The molecule has 5 nitrogen and oxygen atoms in total. The number of carbonyl (C=O) groups excluding carboxylic acids is 1. The van der Waals surface area contributed by atoms with Gasteiger partial charge in [-0.05, 0) is 30.3 Å². The van der Waals surface area contributed by atoms with Gasteiger partial charge in [-0.2, -0.15) is 5.26 Å². The molecule has 2 heterocycles. The molecule has 0 amide bonds. The maximum absolute atomic E-state index is 13.0. The first-order valence-electron chi connectivity index (χ1n) is 8.72. The maximum atomic E-state index is 13.0. The number of hydrogen-bond donors (Lipinski definition) is 0. The third kappa shape index (κ3) is 3.71. The monoisotopic (exact) mass is 437 g/mol. The Morgan fingerprint density at radius 3 is 2.71 bits per heavy atom. The quantitative estimate of drug-likeness (QED) is 0.503. The Balaban J connectivity index is 2.27. The van der Waals surface area contributed by atoms with Crippen LogP contribution in [-0.2, 0) is 0 Å². The van der Waals surface area contributed by atoms with Crippen LogP contribution in [0.1, 0.15) is 36.7 Å². The van der Waals surface area contributed by atoms with Crippen molar-refractivity contribution in [1.82, 2.24) is 9.55 Å². The molecule has 1 aromatic carbocycles. The van der Waals surface area contributed by atoms with E-state index in [4.69, 9.17) is 4.74 Å². The summed E-state index contributed by atoms with van der Waals surface area (Å²) in [4.78, 5) is 17.1. The van der Waals surface area contributed by atoms with Crippen LogP contribution in [0.15, 0.2) is 47.3 Å². The van der Waals surface area contributed by atoms with E-state index < -0.39 is 5.41 Å². The molecule has 0 N–H and O–H groups in total. The fourth-order valence-corrected chi connectivity index (χ4v) is 3.32. The molecule has 0 radical (unpaired) electrons. The summed E-state index contributed by atoms with van der Waals surface area (Å²) >= 11 is 3.49. The van der Waals surface area contributed by atoms with Crippen molar-refractivity contribution in [2.75, 3.05) is 7.11 Å². The molecule has 2 aromatic heterocycles. The normalized spacial score (nSPS) is 12.1. The predicted octanol–water partition coefficient (Wildman–Crippen LogP) is 5.56. The van der Waals surface area contributed by atoms with Gasteiger partial charge in [-0.1, -0.05) is 36.7 Å². The van der Waals surface area contributed by atoms with E-state index in [9.17, 15) is 10.1 Å². The lowest BCUT2D eigenvalue weighted by Crippen LogP contribution is -2.26. The number of fused-ring (bicyclic) bond motifs is 1. The first-order chi connectivity index (χ1) is 13.3. The number of halogens is 1. The Bertz CT molecular complexity index is 1130. The van der Waals surface area contributed by atoms with Crippen LogP contribution in [-0.4, -0.2) is 22.6 Å². The average Bonchev–Trinajstić information content (AvgIpc) is 3.03. The molecule has 0 saturated carbocycles. The summed E-state index contributed by atoms with van der Waals surface area (Å²) in [5.74, 6) is 0.584. The molecule has 0 saturated heterocycles. The van der Waals surface area contributed by atoms with E-state index in [-0.39, 0.29) is 5.91 Å². The van der Waals surface area contributed by atoms with Gasteiger partial charge < -0.3 is 4.74 Å². The van der Waals surface area contributed by atoms with Crippen molar-refractivity contribution in [2.24, 2.45) is 5.41 Å². The van der Waals surface area contributed by atoms with Crippen molar-refractivity contribution in [3.05, 3.63) is 58.5 Å². The number of ether oxygens (including phenoxy) is 1. The van der Waals surface area contributed by atoms with E-state index in [1.54, 1.807) is 42.4 Å². The fourth-order valence-electron chi connectivity index (χ4n) is 2.96. The van der Waals surface area contributed by atoms with Crippen LogP contribution in [0, 0.1) is 16.7 Å². The van der Waals surface area contributed by atoms with Crippen LogP contribution in [0.25, 0.3) is 22.6 Å². The highest BCUT2D eigenvalue weighted by Crippen LogP contribution is 2.33. The molecule has 28 heavy (non-hydrogen) atoms. The van der Waals surface area contributed by atoms with Gasteiger partial charge in [-0.3, -0.25) is 14.3 Å². The standard InChI is InChI=1S/C22H20BrN3O2/c1-22(2,3)21(27)26-13-18(17-10-16(23)5-6-19(17)26)14(11-24)9-15-12-25-8-7-20(15)28-4/h5-10,12-13H,1-4H3/b14-9+. The number of benzene rings is 1. The second-order valence-electron chi connectivity index (χ2n) is 7.42. The molecule has 0 spiro atoms. The Kier molecular flexibility index (Phi) is 5.39. The number of rotatable bonds is 3. The molecule has 0 aliphatic rings. The summed E-state index contributed by atoms with van der Waals surface area (Å²) < 4.78 is 7.86. The Hall–Kier alpha value is -2.91. The molecule has 0 aliphatic carbocycles. The van der Waals surface area contributed by atoms with Crippen LogP contribution in [0.5, 0.6) is 5.75 Å². The lowest BCUT2D eigenvalue weighted by atomic mass is 9.95. The van der Waals surface area contributed by atoms with E-state index in [1.807, 2.05) is 39.0 Å². The van der Waals surface area contributed by atoms with E-state index >= 15 is 0 Å². The predicted molar refractivity (Wildman–Crippen MR) is 114 cm³/mol. The van der Waals surface area contributed by atoms with Gasteiger partial charge in [-0.15, -0.1) is 0 Å². The van der Waals surface area contributed by atoms with Gasteiger partial charge in [0.2, 0.25) is 5.91 Å². The summed E-state index contributed by atoms with van der Waals surface area (Å²) in [5.41, 5.74) is 2.01. The van der Waals surface area contributed by atoms with Crippen molar-refractivity contribution < 1.29 is 9.53 Å². The van der Waals surface area contributed by atoms with Crippen LogP contribution >= 0.6 is 15.9 Å². The molecule has 3 rings (SSSR count). The number of carbonyl (C=O) groups is 1. The zero-order valence-electron chi connectivity index (χ0n) is 16.2. The minimum atomic E-state index is -0.556. The van der Waals surface area contributed by atoms with Crippen molar-refractivity contribution in [1.29, 1.82) is 5.26 Å². The molecule has 0 fully saturated rings. The summed E-state index contributed by atoms with van der Waals surface area (Å²) in [6.45, 7) is 5.63. The SMILES string of the molecule is COc1ccncc1/C=C(\C#N)c1cn(C(=O)C(C)(C)C)c2ccc(Br)cc12. The molecule has 142 valence electrons. The number of aromatic nitrogens is 2. The second kappa shape index (κ2) is 7.61. The molecule has 0 aliphatic heterocycles. The smallest absolute Gasteiger partial charge is 0.236 e. The van der Waals surface area contributed by atoms with Gasteiger partial charge in [-0.25, -0.2) is 0 Å². The average molecular weight is 438 g/mol. The van der Waals surface area contributed by atoms with Crippen LogP contribution < -0.4 is 4.74 Å². The molecular formula is C22H20BrN3O2. The minimum absolute atomic E-state index is 0.0395. The number of nitrogens with zero attached hydrogens (tertiary/aromatic N) is 3. The van der Waals surface area contributed by atoms with Gasteiger partial charge >= 0.3 is 0 Å². The summed E-state index contributed by atoms with van der Waals surface area (Å²) in [7, 11) is 1.57. The summed E-state index contributed by atoms with van der Waals surface area (Å²) in [6.07, 6.45) is 6.74. The molecule has 0 atom stereocenters. The van der Waals surface area contributed by atoms with Crippen molar-refractivity contribution in [3.8, 4) is 11.8 Å². The lowest BCUT2D eigenvalue weighted by Gasteiger charge is -2.17. The van der Waals surface area contributed by atoms with Gasteiger partial charge in [0.1, 0.15) is 5.75 Å². The van der Waals surface area contributed by atoms with Gasteiger partial charge in [0, 0.05) is 45.0 Å². The van der Waals surface area contributed by atoms with Crippen LogP contribution in [0.3, 0.4) is 0 Å². The third-order valence-electron chi connectivity index (χ3n) is 4.37. The summed E-state index contributed by atoms with van der Waals surface area (Å²) in [6, 6.07) is 9.69. The van der Waals surface area contributed by atoms with Crippen LogP contribution in [0.4, 0.5) is 0 Å². The first-order valence-corrected chi connectivity index (χ1v) is 9.51. The van der Waals surface area contributed by atoms with E-state index in [0.717, 1.165) is 15.4 Å². The highest BCUT2D eigenvalue weighted by molar-refractivity contribution is 9.10. The minimum Gasteiger partial charge on any atom is -0.496 e. The Morgan fingerprint density at radius 2 is 2.07 bits per heavy atom. The highest BCUT2D eigenvalue weighted by atomic mass is 79.9. The molecular weight excluding hydrogens is 418 g/mol. The third-order valence-corrected chi connectivity index (χ3v) is 4.86. The Labute approximate surface area is 172 Å². The number of pyridine rings is 1. The number of hydrogen-bond acceptors (Lipinski definition) is 4. The van der Waals surface area contributed by atoms with E-state index in [2.05, 4.69) is 27.0 Å². The molecule has 0 unspecified atom stereocenters. The Morgan fingerprint density at radius 1 is 1.32 bits per heavy atom. The highest BCUT2D eigenvalue weighted by Gasteiger charge is 2.26. The summed E-state index contributed by atoms with van der Waals surface area (Å²) in [5, 5.41) is 10.7. The topological polar surface area (TPSA) is 67.9 Å². The second-order valence-corrected chi connectivity index (χ2v) is 8.33. The van der Waals surface area contributed by atoms with Crippen molar-refractivity contribution in [3.63, 3.8) is 0 Å². The molecule has 0 bridgehead atoms. The van der Waals surface area contributed by atoms with Crippen LogP contribution in [0.2, 0.25) is 0 Å². The zero-order chi connectivity index (χ0) is 20.5. The lowest BCUT2D eigenvalue weighted by molar-refractivity contribution is 0.0772. The first kappa shape index (κ1) is 19.8. The number of nitriles is 1. The molecule has 6 heteroatoms. The molecule has 3 aromatic rings. The van der Waals surface area contributed by atoms with E-state index in [1.165, 1.54) is 0 Å². The zero-order valence-corrected chi connectivity index (χ0v) is 17.7. The number of methoxy groups -OCH3 is 1.